The second kappa shape index (κ2) is 5.02. The van der Waals surface area contributed by atoms with Crippen molar-refractivity contribution in [2.24, 2.45) is 0 Å². The predicted molar refractivity (Wildman–Crippen MR) is 54.5 cm³/mol. The Kier molecular flexibility index (Phi) is 3.97. The van der Waals surface area contributed by atoms with Crippen molar-refractivity contribution in [2.75, 3.05) is 6.54 Å². The number of aliphatic hydroxyl groups excluding tert-OH is 1. The van der Waals surface area contributed by atoms with Gasteiger partial charge in [-0.1, -0.05) is 5.92 Å². The van der Waals surface area contributed by atoms with Gasteiger partial charge in [0.1, 0.15) is 0 Å². The molecule has 1 rings (SSSR count). The lowest BCUT2D eigenvalue weighted by Crippen LogP contribution is -2.36. The summed E-state index contributed by atoms with van der Waals surface area (Å²) in [6.07, 6.45) is 2.33. The topological polar surface area (TPSA) is 40.5 Å². The van der Waals surface area contributed by atoms with Gasteiger partial charge in [0, 0.05) is 12.6 Å². The summed E-state index contributed by atoms with van der Waals surface area (Å²) in [4.78, 5) is 13.3. The molecule has 14 heavy (non-hydrogen) atoms. The van der Waals surface area contributed by atoms with E-state index in [9.17, 15) is 9.90 Å². The second-order valence-electron chi connectivity index (χ2n) is 3.75. The van der Waals surface area contributed by atoms with Crippen molar-refractivity contribution >= 4 is 5.91 Å². The van der Waals surface area contributed by atoms with Crippen molar-refractivity contribution in [3.05, 3.63) is 0 Å². The van der Waals surface area contributed by atoms with Crippen LogP contribution in [0.2, 0.25) is 0 Å². The van der Waals surface area contributed by atoms with Crippen LogP contribution in [0.25, 0.3) is 0 Å². The van der Waals surface area contributed by atoms with Crippen LogP contribution < -0.4 is 0 Å². The summed E-state index contributed by atoms with van der Waals surface area (Å²) in [6, 6.07) is 0.184. The fourth-order valence-corrected chi connectivity index (χ4v) is 1.92. The average Bonchev–Trinajstić information content (AvgIpc) is 2.51. The number of hydrogen-bond acceptors (Lipinski definition) is 2. The van der Waals surface area contributed by atoms with Gasteiger partial charge >= 0.3 is 0 Å². The highest BCUT2D eigenvalue weighted by Crippen LogP contribution is 2.21. The molecule has 1 amide bonds. The van der Waals surface area contributed by atoms with Crippen molar-refractivity contribution in [1.82, 2.24) is 4.90 Å². The molecule has 1 aliphatic rings. The molecule has 3 heteroatoms. The summed E-state index contributed by atoms with van der Waals surface area (Å²) in [5, 5.41) is 9.27. The van der Waals surface area contributed by atoms with Gasteiger partial charge < -0.3 is 10.0 Å². The molecule has 0 aromatic heterocycles. The highest BCUT2D eigenvalue weighted by Gasteiger charge is 2.28. The maximum atomic E-state index is 11.5. The summed E-state index contributed by atoms with van der Waals surface area (Å²) in [5.41, 5.74) is 0. The molecule has 0 aliphatic carbocycles. The first-order valence-electron chi connectivity index (χ1n) is 5.06. The van der Waals surface area contributed by atoms with E-state index in [-0.39, 0.29) is 18.1 Å². The molecule has 1 heterocycles. The Balaban J connectivity index is 2.57. The maximum Gasteiger partial charge on any atom is 0.298 e. The van der Waals surface area contributed by atoms with Gasteiger partial charge in [-0.2, -0.15) is 0 Å². The number of likely N-dealkylation sites (tertiary alicyclic amines) is 1. The summed E-state index contributed by atoms with van der Waals surface area (Å²) < 4.78 is 0. The number of carbonyl (C=O) groups excluding carboxylic acids is 1. The Morgan fingerprint density at radius 2 is 2.43 bits per heavy atom. The third-order valence-corrected chi connectivity index (χ3v) is 2.48. The van der Waals surface area contributed by atoms with Gasteiger partial charge in [-0.05, 0) is 39.0 Å². The molecule has 1 N–H and O–H groups in total. The number of nitrogens with zero attached hydrogens (tertiary/aromatic N) is 1. The van der Waals surface area contributed by atoms with Gasteiger partial charge in [-0.25, -0.2) is 0 Å². The lowest BCUT2D eigenvalue weighted by Gasteiger charge is -2.23. The molecule has 0 saturated carbocycles. The first-order chi connectivity index (χ1) is 6.65. The van der Waals surface area contributed by atoms with Crippen molar-refractivity contribution in [3.63, 3.8) is 0 Å². The molecule has 1 aliphatic heterocycles. The SMILES string of the molecule is CC#CC(=O)N1CCCC1CC(C)O. The van der Waals surface area contributed by atoms with E-state index in [4.69, 9.17) is 0 Å². The van der Waals surface area contributed by atoms with E-state index in [0.717, 1.165) is 19.4 Å². The molecular weight excluding hydrogens is 178 g/mol. The van der Waals surface area contributed by atoms with E-state index in [2.05, 4.69) is 11.8 Å². The molecular formula is C11H17NO2. The summed E-state index contributed by atoms with van der Waals surface area (Å²) in [6.45, 7) is 4.20. The quantitative estimate of drug-likeness (QED) is 0.661. The first-order valence-corrected chi connectivity index (χ1v) is 5.06. The lowest BCUT2D eigenvalue weighted by molar-refractivity contribution is -0.126. The molecule has 0 radical (unpaired) electrons. The molecule has 0 aromatic rings. The minimum absolute atomic E-state index is 0.101. The average molecular weight is 195 g/mol. The van der Waals surface area contributed by atoms with Crippen LogP contribution in [0.1, 0.15) is 33.1 Å². The van der Waals surface area contributed by atoms with Gasteiger partial charge in [-0.3, -0.25) is 4.79 Å². The van der Waals surface area contributed by atoms with E-state index < -0.39 is 0 Å². The van der Waals surface area contributed by atoms with Crippen LogP contribution in [-0.4, -0.2) is 34.6 Å². The molecule has 3 nitrogen and oxygen atoms in total. The second-order valence-corrected chi connectivity index (χ2v) is 3.75. The smallest absolute Gasteiger partial charge is 0.298 e. The number of hydrogen-bond donors (Lipinski definition) is 1. The highest BCUT2D eigenvalue weighted by atomic mass is 16.3. The zero-order chi connectivity index (χ0) is 10.6. The highest BCUT2D eigenvalue weighted by molar-refractivity contribution is 5.93. The van der Waals surface area contributed by atoms with Gasteiger partial charge in [0.15, 0.2) is 0 Å². The molecule has 0 spiro atoms. The third-order valence-electron chi connectivity index (χ3n) is 2.48. The van der Waals surface area contributed by atoms with Crippen molar-refractivity contribution in [1.29, 1.82) is 0 Å². The van der Waals surface area contributed by atoms with Gasteiger partial charge in [0.2, 0.25) is 0 Å². The van der Waals surface area contributed by atoms with Gasteiger partial charge in [0.25, 0.3) is 5.91 Å². The number of carbonyl (C=O) groups is 1. The number of amides is 1. The van der Waals surface area contributed by atoms with E-state index in [1.54, 1.807) is 18.7 Å². The molecule has 0 bridgehead atoms. The Labute approximate surface area is 85.1 Å². The molecule has 78 valence electrons. The van der Waals surface area contributed by atoms with Crippen molar-refractivity contribution in [2.45, 2.75) is 45.3 Å². The first kappa shape index (κ1) is 11.1. The Hall–Kier alpha value is -1.01. The van der Waals surface area contributed by atoms with Crippen molar-refractivity contribution in [3.8, 4) is 11.8 Å². The Morgan fingerprint density at radius 1 is 1.71 bits per heavy atom. The van der Waals surface area contributed by atoms with Crippen LogP contribution in [-0.2, 0) is 4.79 Å². The minimum Gasteiger partial charge on any atom is -0.393 e. The minimum atomic E-state index is -0.344. The van der Waals surface area contributed by atoms with Crippen LogP contribution in [0.15, 0.2) is 0 Å². The largest absolute Gasteiger partial charge is 0.393 e. The predicted octanol–water partition coefficient (Wildman–Crippen LogP) is 0.772. The number of rotatable bonds is 2. The monoisotopic (exact) mass is 195 g/mol. The van der Waals surface area contributed by atoms with Crippen LogP contribution in [0.5, 0.6) is 0 Å². The standard InChI is InChI=1S/C11H17NO2/c1-3-5-11(14)12-7-4-6-10(12)8-9(2)13/h9-10,13H,4,6-8H2,1-2H3. The summed E-state index contributed by atoms with van der Waals surface area (Å²) in [7, 11) is 0. The van der Waals surface area contributed by atoms with Gasteiger partial charge in [0.05, 0.1) is 6.10 Å². The lowest BCUT2D eigenvalue weighted by atomic mass is 10.1. The van der Waals surface area contributed by atoms with Crippen molar-refractivity contribution < 1.29 is 9.90 Å². The van der Waals surface area contributed by atoms with Crippen LogP contribution in [0, 0.1) is 11.8 Å². The molecule has 2 atom stereocenters. The number of aliphatic hydroxyl groups is 1. The van der Waals surface area contributed by atoms with E-state index >= 15 is 0 Å². The maximum absolute atomic E-state index is 11.5. The molecule has 1 fully saturated rings. The van der Waals surface area contributed by atoms with Gasteiger partial charge in [-0.15, -0.1) is 0 Å². The van der Waals surface area contributed by atoms with E-state index in [1.807, 2.05) is 0 Å². The van der Waals surface area contributed by atoms with Crippen LogP contribution in [0.3, 0.4) is 0 Å². The fraction of sp³-hybridized carbons (Fsp3) is 0.727. The third kappa shape index (κ3) is 2.74. The molecule has 0 aromatic carbocycles. The fourth-order valence-electron chi connectivity index (χ4n) is 1.92. The Bertz CT molecular complexity index is 262. The summed E-state index contributed by atoms with van der Waals surface area (Å²) >= 11 is 0. The molecule has 1 saturated heterocycles. The van der Waals surface area contributed by atoms with Crippen LogP contribution in [0.4, 0.5) is 0 Å². The van der Waals surface area contributed by atoms with E-state index in [0.29, 0.717) is 6.42 Å². The normalized spacial score (nSPS) is 22.8. The summed E-state index contributed by atoms with van der Waals surface area (Å²) in [5.74, 6) is 5.06. The zero-order valence-corrected chi connectivity index (χ0v) is 8.79. The Morgan fingerprint density at radius 3 is 3.00 bits per heavy atom. The molecule has 2 unspecified atom stereocenters. The van der Waals surface area contributed by atoms with Crippen LogP contribution >= 0.6 is 0 Å². The zero-order valence-electron chi connectivity index (χ0n) is 8.79. The van der Waals surface area contributed by atoms with E-state index in [1.165, 1.54) is 0 Å².